The smallest absolute Gasteiger partial charge is 0.159 e. The van der Waals surface area contributed by atoms with Crippen LogP contribution in [0.15, 0.2) is 144 Å². The highest BCUT2D eigenvalue weighted by Crippen LogP contribution is 2.41. The molecule has 58 heavy (non-hydrogen) atoms. The Labute approximate surface area is 343 Å². The van der Waals surface area contributed by atoms with Gasteiger partial charge in [-0.3, -0.25) is 0 Å². The molecule has 252 valence electrons. The third kappa shape index (κ3) is 4.72. The van der Waals surface area contributed by atoms with E-state index in [9.17, 15) is 0 Å². The van der Waals surface area contributed by atoms with Crippen LogP contribution < -0.4 is 38.2 Å². The van der Waals surface area contributed by atoms with Crippen LogP contribution in [0.3, 0.4) is 0 Å². The predicted octanol–water partition coefficient (Wildman–Crippen LogP) is 4.67. The molecule has 3 nitrogen and oxygen atoms in total. The molecule has 0 atom stereocenters. The molecule has 0 aliphatic rings. The van der Waals surface area contributed by atoms with E-state index in [1.54, 1.807) is 0 Å². The summed E-state index contributed by atoms with van der Waals surface area (Å²) in [7, 11) is 48.6. The molecule has 0 spiro atoms. The van der Waals surface area contributed by atoms with Crippen molar-refractivity contribution in [1.29, 1.82) is 0 Å². The number of rotatable bonds is 4. The Balaban J connectivity index is 1.25. The van der Waals surface area contributed by atoms with Crippen LogP contribution in [0.4, 0.5) is 0 Å². The monoisotopic (exact) mass is 720 g/mol. The lowest BCUT2D eigenvalue weighted by Crippen LogP contribution is -2.48. The minimum atomic E-state index is 0.159. The molecular formula is C48H23B7N2O. The van der Waals surface area contributed by atoms with Gasteiger partial charge in [0.2, 0.25) is 0 Å². The lowest BCUT2D eigenvalue weighted by Gasteiger charge is -2.19. The Morgan fingerprint density at radius 1 is 0.397 bits per heavy atom. The minimum absolute atomic E-state index is 0.159. The van der Waals surface area contributed by atoms with Crippen molar-refractivity contribution >= 4 is 159 Å². The maximum absolute atomic E-state index is 7.37. The summed E-state index contributed by atoms with van der Waals surface area (Å²) >= 11 is 0. The number of hydrogen-bond acceptors (Lipinski definition) is 1. The first kappa shape index (κ1) is 34.8. The second-order valence-corrected chi connectivity index (χ2v) is 14.8. The largest absolute Gasteiger partial charge is 0.454 e. The molecular weight excluding hydrogens is 696 g/mol. The van der Waals surface area contributed by atoms with E-state index in [-0.39, 0.29) is 27.3 Å². The fraction of sp³-hybridized carbons (Fsp3) is 0. The first-order valence-electron chi connectivity index (χ1n) is 18.9. The highest BCUT2D eigenvalue weighted by Gasteiger charge is 2.26. The second kappa shape index (κ2) is 12.8. The summed E-state index contributed by atoms with van der Waals surface area (Å²) < 4.78 is 10.7. The van der Waals surface area contributed by atoms with Gasteiger partial charge in [-0.25, -0.2) is 0 Å². The molecule has 0 saturated heterocycles. The molecule has 8 aromatic carbocycles. The van der Waals surface area contributed by atoms with Crippen molar-refractivity contribution < 1.29 is 4.42 Å². The van der Waals surface area contributed by atoms with Gasteiger partial charge in [0.05, 0.1) is 16.7 Å². The van der Waals surface area contributed by atoms with Crippen molar-refractivity contribution in [3.63, 3.8) is 0 Å². The summed E-state index contributed by atoms with van der Waals surface area (Å²) in [6.07, 6.45) is 0. The SMILES string of the molecule is [B]c1c([B])c([B])c2c(c1[B])c1c([B])c(-c3ccc4c(c3)c3cccc(-c5ccccc5)c3n4-c3ccccc3)c([B])c([B])c1n2-c1cccc2c1oc1ccccc12. The van der Waals surface area contributed by atoms with Crippen LogP contribution in [0.25, 0.3) is 99.2 Å². The van der Waals surface area contributed by atoms with E-state index in [4.69, 9.17) is 59.3 Å². The summed E-state index contributed by atoms with van der Waals surface area (Å²) in [5.41, 5.74) is 11.5. The number of furan rings is 1. The van der Waals surface area contributed by atoms with Gasteiger partial charge in [-0.05, 0) is 58.5 Å². The van der Waals surface area contributed by atoms with Crippen molar-refractivity contribution in [2.24, 2.45) is 0 Å². The van der Waals surface area contributed by atoms with Gasteiger partial charge in [0.15, 0.2) is 5.58 Å². The van der Waals surface area contributed by atoms with Crippen LogP contribution in [0, 0.1) is 0 Å². The van der Waals surface area contributed by atoms with Gasteiger partial charge in [0.25, 0.3) is 0 Å². The molecule has 3 heterocycles. The van der Waals surface area contributed by atoms with Crippen LogP contribution in [-0.4, -0.2) is 64.1 Å². The fourth-order valence-electron chi connectivity index (χ4n) is 9.07. The van der Waals surface area contributed by atoms with Gasteiger partial charge < -0.3 is 13.6 Å². The van der Waals surface area contributed by atoms with Gasteiger partial charge in [-0.2, -0.15) is 0 Å². The van der Waals surface area contributed by atoms with E-state index in [0.29, 0.717) is 49.6 Å². The quantitative estimate of drug-likeness (QED) is 0.243. The molecule has 0 N–H and O–H groups in total. The Hall–Kier alpha value is -6.39. The van der Waals surface area contributed by atoms with E-state index in [1.807, 2.05) is 65.2 Å². The van der Waals surface area contributed by atoms with Crippen LogP contribution in [-0.2, 0) is 0 Å². The molecule has 0 aliphatic heterocycles. The van der Waals surface area contributed by atoms with Gasteiger partial charge in [0.1, 0.15) is 60.5 Å². The van der Waals surface area contributed by atoms with E-state index < -0.39 is 0 Å². The Bertz CT molecular complexity index is 3530. The summed E-state index contributed by atoms with van der Waals surface area (Å²) in [6.45, 7) is 0. The molecule has 0 aliphatic carbocycles. The third-order valence-electron chi connectivity index (χ3n) is 11.7. The van der Waals surface area contributed by atoms with Crippen molar-refractivity contribution in [2.75, 3.05) is 0 Å². The van der Waals surface area contributed by atoms with Crippen LogP contribution >= 0.6 is 0 Å². The number of nitrogens with zero attached hydrogens (tertiary/aromatic N) is 2. The van der Waals surface area contributed by atoms with Crippen LogP contribution in [0.1, 0.15) is 0 Å². The minimum Gasteiger partial charge on any atom is -0.454 e. The normalized spacial score (nSPS) is 11.9. The van der Waals surface area contributed by atoms with E-state index >= 15 is 0 Å². The molecule has 0 amide bonds. The number of benzene rings is 8. The number of aromatic nitrogens is 2. The van der Waals surface area contributed by atoms with E-state index in [1.165, 1.54) is 0 Å². The van der Waals surface area contributed by atoms with Crippen LogP contribution in [0.2, 0.25) is 0 Å². The maximum Gasteiger partial charge on any atom is 0.159 e. The molecule has 0 unspecified atom stereocenters. The summed E-state index contributed by atoms with van der Waals surface area (Å²) in [4.78, 5) is 0. The molecule has 14 radical (unpaired) electrons. The molecule has 0 fully saturated rings. The zero-order chi connectivity index (χ0) is 39.6. The molecule has 11 rings (SSSR count). The van der Waals surface area contributed by atoms with Crippen molar-refractivity contribution in [2.45, 2.75) is 0 Å². The Kier molecular flexibility index (Phi) is 7.69. The van der Waals surface area contributed by atoms with Gasteiger partial charge in [-0.15, -0.1) is 10.9 Å². The first-order chi connectivity index (χ1) is 28.2. The number of hydrogen-bond donors (Lipinski definition) is 0. The van der Waals surface area contributed by atoms with Gasteiger partial charge >= 0.3 is 0 Å². The topological polar surface area (TPSA) is 23.0 Å². The highest BCUT2D eigenvalue weighted by molar-refractivity contribution is 6.69. The molecule has 0 saturated carbocycles. The average molecular weight is 719 g/mol. The van der Waals surface area contributed by atoms with Crippen molar-refractivity contribution in [3.8, 4) is 33.6 Å². The molecule has 3 aromatic heterocycles. The zero-order valence-electron chi connectivity index (χ0n) is 31.1. The van der Waals surface area contributed by atoms with E-state index in [0.717, 1.165) is 60.5 Å². The molecule has 10 heteroatoms. The van der Waals surface area contributed by atoms with E-state index in [2.05, 4.69) is 83.4 Å². The van der Waals surface area contributed by atoms with Crippen molar-refractivity contribution in [3.05, 3.63) is 140 Å². The van der Waals surface area contributed by atoms with Crippen molar-refractivity contribution in [1.82, 2.24) is 9.13 Å². The van der Waals surface area contributed by atoms with Gasteiger partial charge in [0, 0.05) is 49.2 Å². The maximum atomic E-state index is 7.37. The summed E-state index contributed by atoms with van der Waals surface area (Å²) in [5, 5.41) is 5.04. The number of para-hydroxylation sites is 4. The fourth-order valence-corrected chi connectivity index (χ4v) is 9.07. The highest BCUT2D eigenvalue weighted by atomic mass is 16.3. The number of fused-ring (bicyclic) bond motifs is 9. The Morgan fingerprint density at radius 3 is 1.79 bits per heavy atom. The second-order valence-electron chi connectivity index (χ2n) is 14.8. The van der Waals surface area contributed by atoms with Crippen LogP contribution in [0.5, 0.6) is 0 Å². The summed E-state index contributed by atoms with van der Waals surface area (Å²) in [6, 6.07) is 47.3. The predicted molar refractivity (Wildman–Crippen MR) is 251 cm³/mol. The lowest BCUT2D eigenvalue weighted by atomic mass is 9.64. The first-order valence-corrected chi connectivity index (χ1v) is 18.9. The van der Waals surface area contributed by atoms with Gasteiger partial charge in [-0.1, -0.05) is 130 Å². The zero-order valence-corrected chi connectivity index (χ0v) is 31.1. The summed E-state index contributed by atoms with van der Waals surface area (Å²) in [5.74, 6) is 0. The lowest BCUT2D eigenvalue weighted by molar-refractivity contribution is 0.666. The standard InChI is InChI=1S/C48H23B7N2O/c49-38-35(25-21-22-32-31(23-25)29-17-9-16-27(24-11-3-1-4-12-24)45(29)56(32)26-13-5-2-6-14-26)39(50)43(54)46-36(38)37-40(51)41(52)42(53)44(55)47(37)57(46)33-19-10-18-30-28-15-7-8-20-34(28)58-48(30)33/h1-23H. The average Bonchev–Trinajstić information content (AvgIpc) is 3.93. The third-order valence-corrected chi connectivity index (χ3v) is 11.7. The molecule has 0 bridgehead atoms. The Morgan fingerprint density at radius 2 is 1.02 bits per heavy atom. The molecule has 11 aromatic rings.